The number of nitrogens with zero attached hydrogens (tertiary/aromatic N) is 4. The van der Waals surface area contributed by atoms with E-state index in [1.54, 1.807) is 23.1 Å². The molecule has 1 saturated heterocycles. The molecule has 6 nitrogen and oxygen atoms in total. The fourth-order valence-electron chi connectivity index (χ4n) is 3.32. The number of anilines is 1. The summed E-state index contributed by atoms with van der Waals surface area (Å²) in [5.41, 5.74) is 1.58. The van der Waals surface area contributed by atoms with Crippen LogP contribution in [-0.4, -0.2) is 42.0 Å². The van der Waals surface area contributed by atoms with Crippen LogP contribution in [0.5, 0.6) is 0 Å². The van der Waals surface area contributed by atoms with Crippen molar-refractivity contribution in [2.45, 2.75) is 0 Å². The molecule has 8 heteroatoms. The van der Waals surface area contributed by atoms with Crippen molar-refractivity contribution in [3.05, 3.63) is 82.1 Å². The zero-order chi connectivity index (χ0) is 21.8. The van der Waals surface area contributed by atoms with Gasteiger partial charge in [-0.15, -0.1) is 0 Å². The predicted molar refractivity (Wildman–Crippen MR) is 116 cm³/mol. The van der Waals surface area contributed by atoms with Gasteiger partial charge in [0.1, 0.15) is 11.9 Å². The van der Waals surface area contributed by atoms with Crippen molar-refractivity contribution >= 4 is 35.5 Å². The van der Waals surface area contributed by atoms with Crippen LogP contribution in [0.2, 0.25) is 5.02 Å². The number of oxazole rings is 1. The van der Waals surface area contributed by atoms with E-state index in [9.17, 15) is 14.4 Å². The molecule has 0 bridgehead atoms. The van der Waals surface area contributed by atoms with Crippen molar-refractivity contribution in [1.29, 1.82) is 5.26 Å². The molecule has 0 spiro atoms. The molecule has 3 aromatic rings. The number of amides is 1. The topological polar surface area (TPSA) is 73.4 Å². The number of hydrogen-bond donors (Lipinski definition) is 0. The van der Waals surface area contributed by atoms with Crippen LogP contribution >= 0.6 is 11.6 Å². The number of aromatic nitrogens is 1. The molecule has 1 fully saturated rings. The van der Waals surface area contributed by atoms with Gasteiger partial charge in [-0.05, 0) is 48.0 Å². The Morgan fingerprint density at radius 2 is 1.74 bits per heavy atom. The lowest BCUT2D eigenvalue weighted by Crippen LogP contribution is -2.48. The summed E-state index contributed by atoms with van der Waals surface area (Å²) in [7, 11) is 0. The highest BCUT2D eigenvalue weighted by Crippen LogP contribution is 2.25. The van der Waals surface area contributed by atoms with Gasteiger partial charge in [-0.1, -0.05) is 23.7 Å². The third kappa shape index (κ3) is 4.76. The highest BCUT2D eigenvalue weighted by atomic mass is 35.5. The summed E-state index contributed by atoms with van der Waals surface area (Å²) in [6.45, 7) is 1.91. The van der Waals surface area contributed by atoms with Gasteiger partial charge in [0.2, 0.25) is 17.5 Å². The van der Waals surface area contributed by atoms with Crippen molar-refractivity contribution in [2.75, 3.05) is 31.1 Å². The Morgan fingerprint density at radius 1 is 1.06 bits per heavy atom. The summed E-state index contributed by atoms with van der Waals surface area (Å²) in [6, 6.07) is 14.9. The van der Waals surface area contributed by atoms with Gasteiger partial charge in [-0.2, -0.15) is 10.2 Å². The zero-order valence-electron chi connectivity index (χ0n) is 16.5. The summed E-state index contributed by atoms with van der Waals surface area (Å²) in [4.78, 5) is 20.5. The molecule has 1 aliphatic rings. The number of nitriles is 1. The van der Waals surface area contributed by atoms with Crippen LogP contribution in [0.25, 0.3) is 12.2 Å². The minimum absolute atomic E-state index is 0.149. The van der Waals surface area contributed by atoms with Gasteiger partial charge < -0.3 is 14.2 Å². The fourth-order valence-corrected chi connectivity index (χ4v) is 3.44. The van der Waals surface area contributed by atoms with E-state index < -0.39 is 0 Å². The molecule has 1 amide bonds. The van der Waals surface area contributed by atoms with E-state index in [1.165, 1.54) is 24.3 Å². The monoisotopic (exact) mass is 436 g/mol. The van der Waals surface area contributed by atoms with Gasteiger partial charge in [0.05, 0.1) is 0 Å². The lowest BCUT2D eigenvalue weighted by Gasteiger charge is -2.34. The molecule has 4 rings (SSSR count). The lowest BCUT2D eigenvalue weighted by atomic mass is 10.2. The van der Waals surface area contributed by atoms with Gasteiger partial charge in [0.15, 0.2) is 0 Å². The predicted octanol–water partition coefficient (Wildman–Crippen LogP) is 4.47. The maximum atomic E-state index is 13.1. The van der Waals surface area contributed by atoms with Gasteiger partial charge in [0.25, 0.3) is 5.91 Å². The molecule has 1 aliphatic heterocycles. The van der Waals surface area contributed by atoms with Crippen molar-refractivity contribution < 1.29 is 13.6 Å². The SMILES string of the molecule is N#Cc1nc(/C=C/c2ccc(Cl)cc2)oc1N1CCN(C(=O)c2ccc(F)cc2)CC1. The minimum Gasteiger partial charge on any atom is -0.420 e. The van der Waals surface area contributed by atoms with E-state index >= 15 is 0 Å². The standard InChI is InChI=1S/C23H18ClFN4O2/c24-18-6-1-16(2-7-18)3-10-21-27-20(15-26)23(31-21)29-13-11-28(12-14-29)22(30)17-4-8-19(25)9-5-17/h1-10H,11-14H2/b10-3+. The Bertz CT molecular complexity index is 1140. The second-order valence-electron chi connectivity index (χ2n) is 6.99. The molecule has 0 saturated carbocycles. The molecule has 156 valence electrons. The van der Waals surface area contributed by atoms with Gasteiger partial charge in [-0.25, -0.2) is 4.39 Å². The summed E-state index contributed by atoms with van der Waals surface area (Å²) < 4.78 is 18.9. The van der Waals surface area contributed by atoms with Crippen LogP contribution in [0.15, 0.2) is 52.9 Å². The van der Waals surface area contributed by atoms with Crippen LogP contribution in [0.4, 0.5) is 10.3 Å². The molecule has 2 heterocycles. The number of piperazine rings is 1. The average molecular weight is 437 g/mol. The smallest absolute Gasteiger partial charge is 0.253 e. The normalized spacial score (nSPS) is 14.1. The largest absolute Gasteiger partial charge is 0.420 e. The summed E-state index contributed by atoms with van der Waals surface area (Å²) >= 11 is 5.89. The number of carbonyl (C=O) groups is 1. The minimum atomic E-state index is -0.378. The fraction of sp³-hybridized carbons (Fsp3) is 0.174. The van der Waals surface area contributed by atoms with Crippen LogP contribution in [-0.2, 0) is 0 Å². The Kier molecular flexibility index (Phi) is 6.01. The first-order valence-corrected chi connectivity index (χ1v) is 10.1. The van der Waals surface area contributed by atoms with Crippen LogP contribution < -0.4 is 4.90 Å². The van der Waals surface area contributed by atoms with Crippen LogP contribution in [0.1, 0.15) is 27.5 Å². The van der Waals surface area contributed by atoms with Crippen molar-refractivity contribution in [2.24, 2.45) is 0 Å². The van der Waals surface area contributed by atoms with Gasteiger partial charge >= 0.3 is 0 Å². The van der Waals surface area contributed by atoms with Crippen molar-refractivity contribution in [1.82, 2.24) is 9.88 Å². The molecular weight excluding hydrogens is 419 g/mol. The van der Waals surface area contributed by atoms with E-state index in [0.29, 0.717) is 48.5 Å². The molecule has 0 radical (unpaired) electrons. The van der Waals surface area contributed by atoms with E-state index in [4.69, 9.17) is 16.0 Å². The molecule has 0 atom stereocenters. The maximum Gasteiger partial charge on any atom is 0.253 e. The number of hydrogen-bond acceptors (Lipinski definition) is 5. The Morgan fingerprint density at radius 3 is 2.39 bits per heavy atom. The molecule has 0 N–H and O–H groups in total. The van der Waals surface area contributed by atoms with Crippen LogP contribution in [0.3, 0.4) is 0 Å². The molecule has 1 aromatic heterocycles. The third-order valence-corrected chi connectivity index (χ3v) is 5.22. The summed E-state index contributed by atoms with van der Waals surface area (Å²) in [5, 5.41) is 10.1. The number of carbonyl (C=O) groups excluding carboxylic acids is 1. The summed E-state index contributed by atoms with van der Waals surface area (Å²) in [5.74, 6) is 0.194. The maximum absolute atomic E-state index is 13.1. The van der Waals surface area contributed by atoms with E-state index in [1.807, 2.05) is 23.1 Å². The molecule has 0 unspecified atom stereocenters. The summed E-state index contributed by atoms with van der Waals surface area (Å²) in [6.07, 6.45) is 3.52. The Balaban J connectivity index is 1.43. The van der Waals surface area contributed by atoms with Gasteiger partial charge in [0, 0.05) is 42.8 Å². The first-order valence-electron chi connectivity index (χ1n) is 9.68. The zero-order valence-corrected chi connectivity index (χ0v) is 17.2. The number of benzene rings is 2. The van der Waals surface area contributed by atoms with E-state index in [-0.39, 0.29) is 17.4 Å². The first kappa shape index (κ1) is 20.6. The van der Waals surface area contributed by atoms with Crippen LogP contribution in [0, 0.1) is 17.1 Å². The van der Waals surface area contributed by atoms with E-state index in [0.717, 1.165) is 5.56 Å². The number of halogens is 2. The molecule has 0 aliphatic carbocycles. The molecule has 2 aromatic carbocycles. The highest BCUT2D eigenvalue weighted by molar-refractivity contribution is 6.30. The highest BCUT2D eigenvalue weighted by Gasteiger charge is 2.26. The van der Waals surface area contributed by atoms with Crippen molar-refractivity contribution in [3.8, 4) is 6.07 Å². The molecule has 31 heavy (non-hydrogen) atoms. The quantitative estimate of drug-likeness (QED) is 0.603. The Labute approximate surface area is 183 Å². The third-order valence-electron chi connectivity index (χ3n) is 4.97. The average Bonchev–Trinajstić information content (AvgIpc) is 3.22. The van der Waals surface area contributed by atoms with E-state index in [2.05, 4.69) is 11.1 Å². The lowest BCUT2D eigenvalue weighted by molar-refractivity contribution is 0.0745. The first-order chi connectivity index (χ1) is 15.0. The van der Waals surface area contributed by atoms with Gasteiger partial charge in [-0.3, -0.25) is 4.79 Å². The number of rotatable bonds is 4. The second-order valence-corrected chi connectivity index (χ2v) is 7.43. The Hall–Kier alpha value is -3.63. The second kappa shape index (κ2) is 9.02. The van der Waals surface area contributed by atoms with Crippen molar-refractivity contribution in [3.63, 3.8) is 0 Å². The molecular formula is C23H18ClFN4O2.